The summed E-state index contributed by atoms with van der Waals surface area (Å²) in [6.07, 6.45) is 3.60. The number of carboxylic acid groups (broad SMARTS) is 1. The number of hydrogen-bond acceptors (Lipinski definition) is 3. The fraction of sp³-hybridized carbons (Fsp3) is 0.455. The highest BCUT2D eigenvalue weighted by atomic mass is 16.5. The van der Waals surface area contributed by atoms with E-state index >= 15 is 0 Å². The minimum Gasteiger partial charge on any atom is -0.481 e. The number of carbonyl (C=O) groups is 1. The van der Waals surface area contributed by atoms with Gasteiger partial charge in [-0.05, 0) is 25.8 Å². The van der Waals surface area contributed by atoms with Crippen LogP contribution in [-0.2, 0) is 9.53 Å². The van der Waals surface area contributed by atoms with E-state index in [1.54, 1.807) is 6.92 Å². The van der Waals surface area contributed by atoms with Gasteiger partial charge in [-0.15, -0.1) is 0 Å². The van der Waals surface area contributed by atoms with Crippen LogP contribution in [0.1, 0.15) is 27.2 Å². The molecule has 4 heteroatoms. The normalized spacial score (nSPS) is 14.0. The molecule has 0 bridgehead atoms. The molecule has 0 unspecified atom stereocenters. The van der Waals surface area contributed by atoms with E-state index in [1.165, 1.54) is 19.4 Å². The maximum Gasteiger partial charge on any atom is 0.336 e. The number of allylic oxidation sites excluding steroid dienone is 2. The molecule has 0 fully saturated rings. The van der Waals surface area contributed by atoms with Gasteiger partial charge in [-0.25, -0.2) is 9.79 Å². The van der Waals surface area contributed by atoms with E-state index in [1.807, 2.05) is 13.8 Å². The molecule has 0 aromatic carbocycles. The van der Waals surface area contributed by atoms with Crippen molar-refractivity contribution in [2.24, 2.45) is 4.99 Å². The second kappa shape index (κ2) is 6.81. The largest absolute Gasteiger partial charge is 0.481 e. The summed E-state index contributed by atoms with van der Waals surface area (Å²) in [5, 5.41) is 8.74. The zero-order chi connectivity index (χ0) is 11.8. The van der Waals surface area contributed by atoms with E-state index in [4.69, 9.17) is 9.84 Å². The van der Waals surface area contributed by atoms with Crippen LogP contribution in [0.2, 0.25) is 0 Å². The summed E-state index contributed by atoms with van der Waals surface area (Å²) in [6.45, 7) is 5.53. The molecule has 0 radical (unpaired) electrons. The van der Waals surface area contributed by atoms with Crippen molar-refractivity contribution < 1.29 is 14.6 Å². The van der Waals surface area contributed by atoms with Crippen LogP contribution in [0, 0.1) is 0 Å². The summed E-state index contributed by atoms with van der Waals surface area (Å²) in [5.74, 6) is -0.524. The smallest absolute Gasteiger partial charge is 0.336 e. The van der Waals surface area contributed by atoms with Gasteiger partial charge in [0.15, 0.2) is 0 Å². The zero-order valence-electron chi connectivity index (χ0n) is 9.57. The average molecular weight is 211 g/mol. The van der Waals surface area contributed by atoms with Gasteiger partial charge in [0.1, 0.15) is 0 Å². The molecule has 0 aromatic rings. The first-order valence-electron chi connectivity index (χ1n) is 4.74. The SMILES string of the molecule is C\C=C(/C=N\C(OC)=C(/C)CC)C(=O)O. The highest BCUT2D eigenvalue weighted by Gasteiger charge is 2.03. The number of aliphatic carboxylic acids is 1. The molecule has 0 aliphatic carbocycles. The van der Waals surface area contributed by atoms with Crippen LogP contribution in [0.5, 0.6) is 0 Å². The molecule has 0 heterocycles. The van der Waals surface area contributed by atoms with Gasteiger partial charge in [0, 0.05) is 6.21 Å². The van der Waals surface area contributed by atoms with E-state index in [0.29, 0.717) is 5.88 Å². The maximum atomic E-state index is 10.7. The van der Waals surface area contributed by atoms with E-state index in [-0.39, 0.29) is 5.57 Å². The first-order valence-corrected chi connectivity index (χ1v) is 4.74. The van der Waals surface area contributed by atoms with Crippen LogP contribution in [0.4, 0.5) is 0 Å². The summed E-state index contributed by atoms with van der Waals surface area (Å²) in [4.78, 5) is 14.6. The molecule has 0 aliphatic rings. The van der Waals surface area contributed by atoms with E-state index in [0.717, 1.165) is 12.0 Å². The quantitative estimate of drug-likeness (QED) is 0.431. The minimum atomic E-state index is -0.995. The number of hydrogen-bond donors (Lipinski definition) is 1. The molecule has 84 valence electrons. The van der Waals surface area contributed by atoms with Crippen molar-refractivity contribution in [2.45, 2.75) is 27.2 Å². The van der Waals surface area contributed by atoms with Gasteiger partial charge < -0.3 is 9.84 Å². The molecular weight excluding hydrogens is 194 g/mol. The minimum absolute atomic E-state index is 0.147. The number of carboxylic acids is 1. The second-order valence-electron chi connectivity index (χ2n) is 2.95. The van der Waals surface area contributed by atoms with Gasteiger partial charge >= 0.3 is 5.97 Å². The Hall–Kier alpha value is -1.58. The van der Waals surface area contributed by atoms with Crippen LogP contribution < -0.4 is 0 Å². The Morgan fingerprint density at radius 2 is 2.13 bits per heavy atom. The monoisotopic (exact) mass is 211 g/mol. The van der Waals surface area contributed by atoms with Gasteiger partial charge in [-0.3, -0.25) is 0 Å². The Morgan fingerprint density at radius 3 is 2.47 bits per heavy atom. The summed E-state index contributed by atoms with van der Waals surface area (Å²) in [7, 11) is 1.52. The van der Waals surface area contributed by atoms with E-state index in [9.17, 15) is 4.79 Å². The lowest BCUT2D eigenvalue weighted by atomic mass is 10.2. The molecule has 0 rings (SSSR count). The molecule has 0 aliphatic heterocycles. The summed E-state index contributed by atoms with van der Waals surface area (Å²) >= 11 is 0. The number of nitrogens with zero attached hydrogens (tertiary/aromatic N) is 1. The summed E-state index contributed by atoms with van der Waals surface area (Å²) < 4.78 is 5.04. The Labute approximate surface area is 90.0 Å². The van der Waals surface area contributed by atoms with Gasteiger partial charge in [0.2, 0.25) is 5.88 Å². The molecule has 0 atom stereocenters. The topological polar surface area (TPSA) is 58.9 Å². The van der Waals surface area contributed by atoms with Crippen LogP contribution in [-0.4, -0.2) is 24.4 Å². The summed E-state index contributed by atoms with van der Waals surface area (Å²) in [5.41, 5.74) is 1.13. The Kier molecular flexibility index (Phi) is 6.09. The zero-order valence-corrected chi connectivity index (χ0v) is 9.57. The average Bonchev–Trinajstić information content (AvgIpc) is 2.23. The number of methoxy groups -OCH3 is 1. The third-order valence-corrected chi connectivity index (χ3v) is 1.97. The lowest BCUT2D eigenvalue weighted by Crippen LogP contribution is -2.01. The predicted octanol–water partition coefficient (Wildman–Crippen LogP) is 2.38. The van der Waals surface area contributed by atoms with E-state index in [2.05, 4.69) is 4.99 Å². The van der Waals surface area contributed by atoms with Crippen LogP contribution in [0.15, 0.2) is 28.1 Å². The Balaban J connectivity index is 4.84. The third-order valence-electron chi connectivity index (χ3n) is 1.97. The second-order valence-corrected chi connectivity index (χ2v) is 2.95. The fourth-order valence-electron chi connectivity index (χ4n) is 0.870. The fourth-order valence-corrected chi connectivity index (χ4v) is 0.870. The highest BCUT2D eigenvalue weighted by molar-refractivity contribution is 6.08. The van der Waals surface area contributed by atoms with Gasteiger partial charge in [0.25, 0.3) is 0 Å². The Morgan fingerprint density at radius 1 is 1.53 bits per heavy atom. The molecule has 0 saturated heterocycles. The van der Waals surface area contributed by atoms with Crippen LogP contribution in [0.25, 0.3) is 0 Å². The van der Waals surface area contributed by atoms with Gasteiger partial charge in [-0.2, -0.15) is 0 Å². The van der Waals surface area contributed by atoms with Crippen molar-refractivity contribution in [1.82, 2.24) is 0 Å². The first kappa shape index (κ1) is 13.4. The number of rotatable bonds is 5. The lowest BCUT2D eigenvalue weighted by Gasteiger charge is -2.03. The standard InChI is InChI=1S/C11H17NO3/c1-5-8(3)10(15-4)12-7-9(6-2)11(13)14/h6-7H,5H2,1-4H3,(H,13,14)/b9-6+,10-8-,12-7-. The first-order chi connectivity index (χ1) is 7.06. The van der Waals surface area contributed by atoms with Crippen molar-refractivity contribution in [1.29, 1.82) is 0 Å². The molecule has 15 heavy (non-hydrogen) atoms. The highest BCUT2D eigenvalue weighted by Crippen LogP contribution is 2.09. The predicted molar refractivity (Wildman–Crippen MR) is 59.9 cm³/mol. The number of aliphatic imine (C=N–C) groups is 1. The van der Waals surface area contributed by atoms with Crippen molar-refractivity contribution in [3.05, 3.63) is 23.1 Å². The summed E-state index contributed by atoms with van der Waals surface area (Å²) in [6, 6.07) is 0. The number of ether oxygens (including phenoxy) is 1. The van der Waals surface area contributed by atoms with Crippen molar-refractivity contribution in [2.75, 3.05) is 7.11 Å². The molecule has 0 amide bonds. The van der Waals surface area contributed by atoms with Crippen LogP contribution >= 0.6 is 0 Å². The molecule has 1 N–H and O–H groups in total. The Bertz CT molecular complexity index is 314. The third kappa shape index (κ3) is 4.44. The molecule has 0 spiro atoms. The van der Waals surface area contributed by atoms with Crippen molar-refractivity contribution in [3.8, 4) is 0 Å². The van der Waals surface area contributed by atoms with Crippen LogP contribution in [0.3, 0.4) is 0 Å². The molecule has 4 nitrogen and oxygen atoms in total. The maximum absolute atomic E-state index is 10.7. The van der Waals surface area contributed by atoms with Crippen molar-refractivity contribution in [3.63, 3.8) is 0 Å². The molecule has 0 saturated carbocycles. The molecule has 0 aromatic heterocycles. The lowest BCUT2D eigenvalue weighted by molar-refractivity contribution is -0.132. The van der Waals surface area contributed by atoms with Crippen molar-refractivity contribution >= 4 is 12.2 Å². The van der Waals surface area contributed by atoms with Gasteiger partial charge in [-0.1, -0.05) is 13.0 Å². The molecular formula is C11H17NO3. The van der Waals surface area contributed by atoms with E-state index < -0.39 is 5.97 Å². The van der Waals surface area contributed by atoms with Gasteiger partial charge in [0.05, 0.1) is 12.7 Å².